The first-order valence-corrected chi connectivity index (χ1v) is 12.9. The van der Waals surface area contributed by atoms with E-state index in [1.807, 2.05) is 6.92 Å². The van der Waals surface area contributed by atoms with Crippen LogP contribution in [0.3, 0.4) is 0 Å². The summed E-state index contributed by atoms with van der Waals surface area (Å²) in [6.07, 6.45) is -7.88. The average Bonchev–Trinajstić information content (AvgIpc) is 3.44. The van der Waals surface area contributed by atoms with Gasteiger partial charge in [0.2, 0.25) is 0 Å². The molecule has 2 fully saturated rings. The summed E-state index contributed by atoms with van der Waals surface area (Å²) >= 11 is 0. The van der Waals surface area contributed by atoms with E-state index in [2.05, 4.69) is 4.90 Å². The summed E-state index contributed by atoms with van der Waals surface area (Å²) in [5.74, 6) is -0.181. The molecule has 1 heterocycles. The van der Waals surface area contributed by atoms with Gasteiger partial charge in [0.25, 0.3) is 0 Å². The van der Waals surface area contributed by atoms with Gasteiger partial charge in [0, 0.05) is 36.7 Å². The number of hydrogen-bond acceptors (Lipinski definition) is 3. The fourth-order valence-electron chi connectivity index (χ4n) is 6.47. The van der Waals surface area contributed by atoms with Crippen LogP contribution in [0.5, 0.6) is 0 Å². The molecule has 3 aliphatic rings. The lowest BCUT2D eigenvalue weighted by Gasteiger charge is -2.39. The zero-order chi connectivity index (χ0) is 28.1. The van der Waals surface area contributed by atoms with Gasteiger partial charge >= 0.3 is 12.4 Å². The highest BCUT2D eigenvalue weighted by atomic mass is 19.4. The van der Waals surface area contributed by atoms with Crippen molar-refractivity contribution in [1.29, 1.82) is 0 Å². The molecule has 2 aromatic carbocycles. The van der Waals surface area contributed by atoms with Crippen LogP contribution < -0.4 is 0 Å². The van der Waals surface area contributed by atoms with Crippen LogP contribution in [0.1, 0.15) is 60.8 Å². The molecule has 3 nitrogen and oxygen atoms in total. The van der Waals surface area contributed by atoms with Crippen molar-refractivity contribution in [1.82, 2.24) is 4.90 Å². The maximum absolute atomic E-state index is 13.7. The van der Waals surface area contributed by atoms with E-state index in [1.54, 1.807) is 12.1 Å². The van der Waals surface area contributed by atoms with Gasteiger partial charge in [-0.15, -0.1) is 0 Å². The first-order chi connectivity index (χ1) is 18.3. The van der Waals surface area contributed by atoms with Gasteiger partial charge in [-0.25, -0.2) is 4.39 Å². The van der Waals surface area contributed by atoms with Crippen molar-refractivity contribution in [2.75, 3.05) is 13.1 Å². The summed E-state index contributed by atoms with van der Waals surface area (Å²) in [4.78, 5) is 14.4. The Kier molecular flexibility index (Phi) is 7.28. The van der Waals surface area contributed by atoms with Crippen LogP contribution in [0, 0.1) is 17.7 Å². The van der Waals surface area contributed by atoms with Crippen molar-refractivity contribution in [3.05, 3.63) is 81.8 Å². The zero-order valence-electron chi connectivity index (χ0n) is 21.2. The highest BCUT2D eigenvalue weighted by Gasteiger charge is 2.47. The molecule has 39 heavy (non-hydrogen) atoms. The standard InChI is InChI=1S/C29H28F7NO2/c1-16-24(7-8-25(16)38)37-13-19-4-9-26(27(23(19)14-37)18-2-5-22(30)6-3-18)39-15-17-10-20(28(31,32)33)12-21(11-17)29(34,35)36/h2-3,5-6,10-12,19,23,26-27H,4,7-9,13-15H2,1H3/t19-,23-,26+,27+/m1/s1. The third-order valence-corrected chi connectivity index (χ3v) is 8.36. The molecule has 0 unspecified atom stereocenters. The number of fused-ring (bicyclic) bond motifs is 1. The molecule has 0 spiro atoms. The van der Waals surface area contributed by atoms with Gasteiger partial charge in [-0.1, -0.05) is 12.1 Å². The molecule has 2 aromatic rings. The van der Waals surface area contributed by atoms with Gasteiger partial charge < -0.3 is 9.64 Å². The lowest BCUT2D eigenvalue weighted by Crippen LogP contribution is -2.37. The molecule has 2 aliphatic carbocycles. The molecular weight excluding hydrogens is 527 g/mol. The van der Waals surface area contributed by atoms with Crippen molar-refractivity contribution in [2.45, 2.75) is 63.6 Å². The van der Waals surface area contributed by atoms with Gasteiger partial charge in [0.1, 0.15) is 5.82 Å². The van der Waals surface area contributed by atoms with E-state index in [0.29, 0.717) is 37.9 Å². The van der Waals surface area contributed by atoms with Crippen molar-refractivity contribution >= 4 is 5.78 Å². The molecule has 1 aliphatic heterocycles. The Labute approximate surface area is 221 Å². The molecule has 4 atom stereocenters. The largest absolute Gasteiger partial charge is 0.416 e. The number of allylic oxidation sites excluding steroid dienone is 2. The number of ketones is 1. The molecule has 0 radical (unpaired) electrons. The quantitative estimate of drug-likeness (QED) is 0.358. The number of ether oxygens (including phenoxy) is 1. The minimum absolute atomic E-state index is 0.0671. The van der Waals surface area contributed by atoms with E-state index in [-0.39, 0.29) is 35.2 Å². The summed E-state index contributed by atoms with van der Waals surface area (Å²) in [6.45, 7) is 2.82. The number of hydrogen-bond donors (Lipinski definition) is 0. The fourth-order valence-corrected chi connectivity index (χ4v) is 6.47. The van der Waals surface area contributed by atoms with Gasteiger partial charge in [0.15, 0.2) is 5.78 Å². The van der Waals surface area contributed by atoms with Crippen molar-refractivity contribution < 1.29 is 40.3 Å². The van der Waals surface area contributed by atoms with Gasteiger partial charge in [-0.3, -0.25) is 4.79 Å². The second-order valence-corrected chi connectivity index (χ2v) is 10.7. The van der Waals surface area contributed by atoms with E-state index in [4.69, 9.17) is 4.74 Å². The number of Topliss-reactive ketones (excluding diaryl/α,β-unsaturated/α-hetero) is 1. The monoisotopic (exact) mass is 555 g/mol. The molecule has 5 rings (SSSR count). The Morgan fingerprint density at radius 1 is 0.897 bits per heavy atom. The molecule has 0 aromatic heterocycles. The van der Waals surface area contributed by atoms with Crippen molar-refractivity contribution in [3.8, 4) is 0 Å². The van der Waals surface area contributed by atoms with Crippen LogP contribution in [0.2, 0.25) is 0 Å². The van der Waals surface area contributed by atoms with Gasteiger partial charge in [-0.05, 0) is 79.5 Å². The fraction of sp³-hybridized carbons (Fsp3) is 0.483. The lowest BCUT2D eigenvalue weighted by atomic mass is 9.69. The van der Waals surface area contributed by atoms with E-state index in [9.17, 15) is 35.5 Å². The summed E-state index contributed by atoms with van der Waals surface area (Å²) in [5.41, 5.74) is -0.355. The summed E-state index contributed by atoms with van der Waals surface area (Å²) < 4.78 is 99.9. The predicted molar refractivity (Wildman–Crippen MR) is 129 cm³/mol. The van der Waals surface area contributed by atoms with E-state index in [0.717, 1.165) is 29.8 Å². The van der Waals surface area contributed by atoms with Crippen LogP contribution in [0.25, 0.3) is 0 Å². The van der Waals surface area contributed by atoms with E-state index in [1.165, 1.54) is 12.1 Å². The second kappa shape index (κ2) is 10.3. The summed E-state index contributed by atoms with van der Waals surface area (Å²) in [5, 5.41) is 0. The van der Waals surface area contributed by atoms with E-state index < -0.39 is 42.0 Å². The second-order valence-electron chi connectivity index (χ2n) is 10.7. The SMILES string of the molecule is CC1=C(N2C[C@H]3CC[C@H](OCc4cc(C(F)(F)F)cc(C(F)(F)F)c4)[C@@H](c4ccc(F)cc4)[C@@H]3C2)CCC1=O. The number of halogens is 7. The van der Waals surface area contributed by atoms with Crippen LogP contribution >= 0.6 is 0 Å². The molecule has 0 N–H and O–H groups in total. The topological polar surface area (TPSA) is 29.5 Å². The minimum atomic E-state index is -4.94. The molecule has 0 amide bonds. The summed E-state index contributed by atoms with van der Waals surface area (Å²) in [6, 6.07) is 7.50. The van der Waals surface area contributed by atoms with E-state index >= 15 is 0 Å². The zero-order valence-corrected chi connectivity index (χ0v) is 21.2. The maximum Gasteiger partial charge on any atom is 0.416 e. The number of likely N-dealkylation sites (tertiary alicyclic amines) is 1. The van der Waals surface area contributed by atoms with Crippen LogP contribution in [0.15, 0.2) is 53.7 Å². The summed E-state index contributed by atoms with van der Waals surface area (Å²) in [7, 11) is 0. The van der Waals surface area contributed by atoms with Gasteiger partial charge in [-0.2, -0.15) is 26.3 Å². The number of nitrogens with zero attached hydrogens (tertiary/aromatic N) is 1. The first kappa shape index (κ1) is 27.7. The Morgan fingerprint density at radius 2 is 1.54 bits per heavy atom. The number of alkyl halides is 6. The highest BCUT2D eigenvalue weighted by molar-refractivity contribution is 5.97. The third kappa shape index (κ3) is 5.71. The molecule has 0 bridgehead atoms. The van der Waals surface area contributed by atoms with Crippen LogP contribution in [-0.4, -0.2) is 29.9 Å². The van der Waals surface area contributed by atoms with Crippen molar-refractivity contribution in [3.63, 3.8) is 0 Å². The van der Waals surface area contributed by atoms with Gasteiger partial charge in [0.05, 0.1) is 23.8 Å². The minimum Gasteiger partial charge on any atom is -0.374 e. The Bertz CT molecular complexity index is 1230. The van der Waals surface area contributed by atoms with Crippen LogP contribution in [-0.2, 0) is 28.5 Å². The Balaban J connectivity index is 1.42. The third-order valence-electron chi connectivity index (χ3n) is 8.36. The molecule has 10 heteroatoms. The molecule has 1 saturated heterocycles. The highest BCUT2D eigenvalue weighted by Crippen LogP contribution is 2.48. The number of carbonyl (C=O) groups is 1. The number of benzene rings is 2. The predicted octanol–water partition coefficient (Wildman–Crippen LogP) is 7.51. The smallest absolute Gasteiger partial charge is 0.374 e. The number of rotatable bonds is 5. The molecule has 210 valence electrons. The number of carbonyl (C=O) groups excluding carboxylic acids is 1. The maximum atomic E-state index is 13.7. The first-order valence-electron chi connectivity index (χ1n) is 12.9. The molecular formula is C29H28F7NO2. The van der Waals surface area contributed by atoms with Crippen molar-refractivity contribution in [2.24, 2.45) is 11.8 Å². The Hall–Kier alpha value is -2.88. The Morgan fingerprint density at radius 3 is 2.10 bits per heavy atom. The lowest BCUT2D eigenvalue weighted by molar-refractivity contribution is -0.143. The normalized spacial score (nSPS) is 25.9. The molecule has 1 saturated carbocycles. The van der Waals surface area contributed by atoms with Crippen LogP contribution in [0.4, 0.5) is 30.7 Å². The average molecular weight is 556 g/mol.